The van der Waals surface area contributed by atoms with Gasteiger partial charge in [-0.15, -0.1) is 0 Å². The predicted octanol–water partition coefficient (Wildman–Crippen LogP) is 1.76. The molecule has 2 atom stereocenters. The third kappa shape index (κ3) is 9.50. The van der Waals surface area contributed by atoms with Gasteiger partial charge in [0, 0.05) is 13.0 Å². The number of nitrogens with one attached hydrogen (secondary N) is 3. The van der Waals surface area contributed by atoms with E-state index in [1.54, 1.807) is 27.7 Å². The Morgan fingerprint density at radius 2 is 1.52 bits per heavy atom. The van der Waals surface area contributed by atoms with Gasteiger partial charge in [-0.3, -0.25) is 9.59 Å². The number of benzene rings is 1. The predicted molar refractivity (Wildman–Crippen MR) is 115 cm³/mol. The van der Waals surface area contributed by atoms with E-state index >= 15 is 0 Å². The SMILES string of the molecule is COC(=O)[C@@H](NC(=O)[C@@H](NC(=O)CCNC(=O)OCc1ccccc1)C(C)C)C(C)C. The second-order valence-corrected chi connectivity index (χ2v) is 7.78. The molecule has 0 spiro atoms. The maximum atomic E-state index is 12.6. The highest BCUT2D eigenvalue weighted by Crippen LogP contribution is 2.08. The number of rotatable bonds is 11. The highest BCUT2D eigenvalue weighted by atomic mass is 16.5. The van der Waals surface area contributed by atoms with Gasteiger partial charge in [0.2, 0.25) is 11.8 Å². The van der Waals surface area contributed by atoms with E-state index in [1.807, 2.05) is 30.3 Å². The molecule has 9 heteroatoms. The van der Waals surface area contributed by atoms with Crippen molar-refractivity contribution in [2.24, 2.45) is 11.8 Å². The molecular formula is C22H33N3O6. The first-order chi connectivity index (χ1) is 14.6. The van der Waals surface area contributed by atoms with Crippen LogP contribution in [-0.2, 0) is 30.5 Å². The number of ether oxygens (including phenoxy) is 2. The average Bonchev–Trinajstić information content (AvgIpc) is 2.73. The molecular weight excluding hydrogens is 402 g/mol. The van der Waals surface area contributed by atoms with E-state index in [4.69, 9.17) is 9.47 Å². The number of methoxy groups -OCH3 is 1. The third-order valence-corrected chi connectivity index (χ3v) is 4.52. The van der Waals surface area contributed by atoms with Crippen molar-refractivity contribution in [3.63, 3.8) is 0 Å². The molecule has 0 heterocycles. The van der Waals surface area contributed by atoms with Crippen molar-refractivity contribution in [2.75, 3.05) is 13.7 Å². The maximum Gasteiger partial charge on any atom is 0.407 e. The molecule has 0 bridgehead atoms. The lowest BCUT2D eigenvalue weighted by molar-refractivity contribution is -0.146. The molecule has 0 saturated carbocycles. The maximum absolute atomic E-state index is 12.6. The van der Waals surface area contributed by atoms with E-state index in [-0.39, 0.29) is 31.4 Å². The molecule has 0 aliphatic heterocycles. The standard InChI is InChI=1S/C22H33N3O6/c1-14(2)18(20(27)25-19(15(3)4)21(28)30-5)24-17(26)11-12-23-22(29)31-13-16-9-7-6-8-10-16/h6-10,14-15,18-19H,11-13H2,1-5H3,(H,23,29)(H,24,26)(H,25,27)/t18-,19-/m0/s1. The van der Waals surface area contributed by atoms with E-state index in [2.05, 4.69) is 16.0 Å². The highest BCUT2D eigenvalue weighted by molar-refractivity contribution is 5.91. The fourth-order valence-corrected chi connectivity index (χ4v) is 2.70. The van der Waals surface area contributed by atoms with Crippen LogP contribution >= 0.6 is 0 Å². The summed E-state index contributed by atoms with van der Waals surface area (Å²) in [6.07, 6.45) is -0.658. The van der Waals surface area contributed by atoms with Gasteiger partial charge in [-0.05, 0) is 17.4 Å². The number of esters is 1. The van der Waals surface area contributed by atoms with Crippen LogP contribution in [0, 0.1) is 11.8 Å². The molecule has 9 nitrogen and oxygen atoms in total. The first kappa shape index (κ1) is 25.9. The molecule has 1 aromatic rings. The summed E-state index contributed by atoms with van der Waals surface area (Å²) in [6, 6.07) is 7.59. The Balaban J connectivity index is 2.47. The van der Waals surface area contributed by atoms with Crippen molar-refractivity contribution < 1.29 is 28.7 Å². The van der Waals surface area contributed by atoms with Gasteiger partial charge in [-0.25, -0.2) is 9.59 Å². The monoisotopic (exact) mass is 435 g/mol. The summed E-state index contributed by atoms with van der Waals surface area (Å²) in [7, 11) is 1.25. The van der Waals surface area contributed by atoms with E-state index in [1.165, 1.54) is 7.11 Å². The van der Waals surface area contributed by atoms with Crippen LogP contribution in [0.1, 0.15) is 39.7 Å². The van der Waals surface area contributed by atoms with Crippen LogP contribution in [0.25, 0.3) is 0 Å². The molecule has 172 valence electrons. The zero-order valence-corrected chi connectivity index (χ0v) is 18.8. The summed E-state index contributed by atoms with van der Waals surface area (Å²) in [4.78, 5) is 48.5. The summed E-state index contributed by atoms with van der Waals surface area (Å²) >= 11 is 0. The van der Waals surface area contributed by atoms with Crippen LogP contribution in [0.15, 0.2) is 30.3 Å². The van der Waals surface area contributed by atoms with Crippen LogP contribution in [0.2, 0.25) is 0 Å². The van der Waals surface area contributed by atoms with Crippen LogP contribution in [0.3, 0.4) is 0 Å². The van der Waals surface area contributed by atoms with Gasteiger partial charge in [0.1, 0.15) is 18.7 Å². The molecule has 0 radical (unpaired) electrons. The van der Waals surface area contributed by atoms with Crippen LogP contribution in [0.4, 0.5) is 4.79 Å². The van der Waals surface area contributed by atoms with Gasteiger partial charge >= 0.3 is 12.1 Å². The van der Waals surface area contributed by atoms with Gasteiger partial charge in [0.25, 0.3) is 0 Å². The molecule has 0 fully saturated rings. The summed E-state index contributed by atoms with van der Waals surface area (Å²) in [5.41, 5.74) is 0.854. The molecule has 31 heavy (non-hydrogen) atoms. The molecule has 0 aliphatic rings. The number of alkyl carbamates (subject to hydrolysis) is 1. The average molecular weight is 436 g/mol. The summed E-state index contributed by atoms with van der Waals surface area (Å²) < 4.78 is 9.80. The van der Waals surface area contributed by atoms with Crippen molar-refractivity contribution in [2.45, 2.75) is 52.8 Å². The van der Waals surface area contributed by atoms with Crippen molar-refractivity contribution in [1.82, 2.24) is 16.0 Å². The summed E-state index contributed by atoms with van der Waals surface area (Å²) in [5, 5.41) is 7.80. The minimum Gasteiger partial charge on any atom is -0.467 e. The summed E-state index contributed by atoms with van der Waals surface area (Å²) in [5.74, 6) is -1.81. The zero-order valence-electron chi connectivity index (χ0n) is 18.8. The number of carbonyl (C=O) groups excluding carboxylic acids is 4. The first-order valence-corrected chi connectivity index (χ1v) is 10.3. The smallest absolute Gasteiger partial charge is 0.407 e. The van der Waals surface area contributed by atoms with Gasteiger partial charge in [0.15, 0.2) is 0 Å². The number of hydrogen-bond acceptors (Lipinski definition) is 6. The second kappa shape index (κ2) is 13.3. The van der Waals surface area contributed by atoms with E-state index < -0.39 is 36.0 Å². The van der Waals surface area contributed by atoms with Gasteiger partial charge in [-0.2, -0.15) is 0 Å². The lowest BCUT2D eigenvalue weighted by atomic mass is 10.00. The number of hydrogen-bond donors (Lipinski definition) is 3. The van der Waals surface area contributed by atoms with E-state index in [0.717, 1.165) is 5.56 Å². The van der Waals surface area contributed by atoms with Crippen LogP contribution < -0.4 is 16.0 Å². The molecule has 0 aromatic heterocycles. The Morgan fingerprint density at radius 3 is 2.06 bits per heavy atom. The Kier molecular flexibility index (Phi) is 11.1. The first-order valence-electron chi connectivity index (χ1n) is 10.3. The zero-order chi connectivity index (χ0) is 23.4. The fraction of sp³-hybridized carbons (Fsp3) is 0.545. The second-order valence-electron chi connectivity index (χ2n) is 7.78. The molecule has 3 amide bonds. The molecule has 1 aromatic carbocycles. The molecule has 0 saturated heterocycles. The van der Waals surface area contributed by atoms with Crippen LogP contribution in [0.5, 0.6) is 0 Å². The van der Waals surface area contributed by atoms with Crippen molar-refractivity contribution in [3.05, 3.63) is 35.9 Å². The lowest BCUT2D eigenvalue weighted by Crippen LogP contribution is -2.55. The molecule has 0 aliphatic carbocycles. The number of amides is 3. The fourth-order valence-electron chi connectivity index (χ4n) is 2.70. The summed E-state index contributed by atoms with van der Waals surface area (Å²) in [6.45, 7) is 7.33. The minimum atomic E-state index is -0.830. The van der Waals surface area contributed by atoms with Gasteiger partial charge in [-0.1, -0.05) is 58.0 Å². The van der Waals surface area contributed by atoms with Crippen molar-refractivity contribution in [1.29, 1.82) is 0 Å². The Bertz CT molecular complexity index is 736. The lowest BCUT2D eigenvalue weighted by Gasteiger charge is -2.26. The van der Waals surface area contributed by atoms with Gasteiger partial charge in [0.05, 0.1) is 7.11 Å². The van der Waals surface area contributed by atoms with Crippen molar-refractivity contribution in [3.8, 4) is 0 Å². The van der Waals surface area contributed by atoms with E-state index in [0.29, 0.717) is 0 Å². The Morgan fingerprint density at radius 1 is 0.903 bits per heavy atom. The Labute approximate surface area is 183 Å². The minimum absolute atomic E-state index is 0.0262. The third-order valence-electron chi connectivity index (χ3n) is 4.52. The number of carbonyl (C=O) groups is 4. The molecule has 3 N–H and O–H groups in total. The van der Waals surface area contributed by atoms with E-state index in [9.17, 15) is 19.2 Å². The van der Waals surface area contributed by atoms with Crippen molar-refractivity contribution >= 4 is 23.9 Å². The quantitative estimate of drug-likeness (QED) is 0.455. The normalized spacial score (nSPS) is 12.6. The molecule has 0 unspecified atom stereocenters. The van der Waals surface area contributed by atoms with Gasteiger partial charge < -0.3 is 25.4 Å². The molecule has 1 rings (SSSR count). The topological polar surface area (TPSA) is 123 Å². The van der Waals surface area contributed by atoms with Crippen LogP contribution in [-0.4, -0.2) is 49.6 Å². The largest absolute Gasteiger partial charge is 0.467 e. The Hall–Kier alpha value is -3.10. The highest BCUT2D eigenvalue weighted by Gasteiger charge is 2.30.